The van der Waals surface area contributed by atoms with Gasteiger partial charge in [0.1, 0.15) is 0 Å². The van der Waals surface area contributed by atoms with Crippen LogP contribution < -0.4 is 5.73 Å². The Morgan fingerprint density at radius 3 is 2.80 bits per heavy atom. The smallest absolute Gasteiger partial charge is 0.0438 e. The molecule has 0 aliphatic carbocycles. The van der Waals surface area contributed by atoms with Gasteiger partial charge in [-0.3, -0.25) is 0 Å². The van der Waals surface area contributed by atoms with E-state index >= 15 is 0 Å². The van der Waals surface area contributed by atoms with Crippen molar-refractivity contribution in [1.29, 1.82) is 0 Å². The van der Waals surface area contributed by atoms with Crippen molar-refractivity contribution in [2.45, 2.75) is 6.42 Å². The van der Waals surface area contributed by atoms with Gasteiger partial charge in [0.15, 0.2) is 0 Å². The standard InChI is InChI=1S/C8H10ClN.10H2/c9-8-4-2-1-3-7(8)5-6-10;;;;;;;;;;/h1-4H,5-6,10H2;10*1H/i;9*1+1D;1+1. The van der Waals surface area contributed by atoms with Crippen molar-refractivity contribution in [1.82, 2.24) is 0 Å². The van der Waals surface area contributed by atoms with E-state index < -0.39 is 0 Å². The molecule has 0 amide bonds. The molecular formula is C8H30ClN. The first-order chi connectivity index (χ1) is 13.8. The lowest BCUT2D eigenvalue weighted by Crippen LogP contribution is -2.02. The highest BCUT2D eigenvalue weighted by molar-refractivity contribution is 6.31. The molecule has 1 aromatic carbocycles. The third-order valence-corrected chi connectivity index (χ3v) is 1.74. The molecule has 10 heavy (non-hydrogen) atoms. The van der Waals surface area contributed by atoms with Crippen LogP contribution in [0.2, 0.25) is 5.02 Å². The fourth-order valence-corrected chi connectivity index (χ4v) is 1.09. The number of rotatable bonds is 2. The Morgan fingerprint density at radius 2 is 2.20 bits per heavy atom. The lowest BCUT2D eigenvalue weighted by molar-refractivity contribution is 0.969. The van der Waals surface area contributed by atoms with E-state index in [0.29, 0.717) is 6.54 Å². The van der Waals surface area contributed by atoms with Crippen molar-refractivity contribution in [2.75, 3.05) is 6.54 Å². The summed E-state index contributed by atoms with van der Waals surface area (Å²) in [5, 5.41) is 0.813. The SMILES string of the molecule is NCCc1ccccc1Cl.[2HH].[2H][2H].[2H][2H].[2H][2H].[2H][2H].[2H][2H].[2H][2H].[2H][2H].[2H][2H].[2H][2H]. The average Bonchev–Trinajstić information content (AvgIpc) is 2.87. The van der Waals surface area contributed by atoms with Crippen LogP contribution in [0.3, 0.4) is 0 Å². The lowest BCUT2D eigenvalue weighted by atomic mass is 10.1. The van der Waals surface area contributed by atoms with E-state index in [4.69, 9.17) is 44.1 Å². The van der Waals surface area contributed by atoms with Gasteiger partial charge in [-0.05, 0) is 24.6 Å². The lowest BCUT2D eigenvalue weighted by Gasteiger charge is -1.99. The zero-order valence-electron chi connectivity index (χ0n) is 23.7. The monoisotopic (exact) mass is 194 g/mol. The molecule has 0 aliphatic heterocycles. The summed E-state index contributed by atoms with van der Waals surface area (Å²) < 4.78 is 90.0. The molecule has 1 aromatic rings. The highest BCUT2D eigenvalue weighted by Crippen LogP contribution is 2.14. The fraction of sp³-hybridized carbons (Fsp3) is 0.250. The molecule has 0 radical (unpaired) electrons. The van der Waals surface area contributed by atoms with Crippen molar-refractivity contribution < 1.29 is 28.2 Å². The minimum absolute atomic E-state index is 0. The van der Waals surface area contributed by atoms with Crippen molar-refractivity contribution in [2.24, 2.45) is 5.73 Å². The molecule has 1 nitrogen and oxygen atoms in total. The van der Waals surface area contributed by atoms with Crippen molar-refractivity contribution in [3.63, 3.8) is 0 Å². The third-order valence-electron chi connectivity index (χ3n) is 1.37. The molecule has 2 heteroatoms. The van der Waals surface area contributed by atoms with Crippen LogP contribution in [0.5, 0.6) is 0 Å². The highest BCUT2D eigenvalue weighted by atomic mass is 35.5. The van der Waals surface area contributed by atoms with E-state index in [1.54, 1.807) is 0 Å². The van der Waals surface area contributed by atoms with Crippen molar-refractivity contribution in [3.8, 4) is 0 Å². The van der Waals surface area contributed by atoms with Crippen molar-refractivity contribution >= 4 is 11.6 Å². The van der Waals surface area contributed by atoms with Crippen LogP contribution in [0.15, 0.2) is 24.3 Å². The second-order valence-corrected chi connectivity index (χ2v) is 2.54. The van der Waals surface area contributed by atoms with Gasteiger partial charge in [-0.2, -0.15) is 0 Å². The minimum Gasteiger partial charge on any atom is -0.330 e. The Hall–Kier alpha value is -0.530. The number of nitrogens with two attached hydrogens (primary N) is 1. The molecule has 0 bridgehead atoms. The first kappa shape index (κ1) is 1.99. The van der Waals surface area contributed by atoms with E-state index in [0.717, 1.165) is 17.0 Å². The van der Waals surface area contributed by atoms with Gasteiger partial charge in [0.05, 0.1) is 0 Å². The molecule has 0 saturated carbocycles. The van der Waals surface area contributed by atoms with Gasteiger partial charge in [0.2, 0.25) is 0 Å². The van der Waals surface area contributed by atoms with E-state index in [-0.39, 0.29) is 1.43 Å². The van der Waals surface area contributed by atoms with Gasteiger partial charge in [-0.1, -0.05) is 29.8 Å². The number of halogens is 1. The van der Waals surface area contributed by atoms with Crippen LogP contribution in [0.4, 0.5) is 0 Å². The average molecular weight is 195 g/mol. The fourth-order valence-electron chi connectivity index (χ4n) is 0.857. The maximum absolute atomic E-state index is 5.85. The number of benzene rings is 1. The number of hydrogen-bond donors (Lipinski definition) is 1. The predicted molar refractivity (Wildman–Crippen MR) is 65.4 cm³/mol. The van der Waals surface area contributed by atoms with Crippen LogP contribution in [0.25, 0.3) is 0 Å². The Balaban J connectivity index is -0.0000000204. The van der Waals surface area contributed by atoms with Crippen LogP contribution >= 0.6 is 11.6 Å². The summed E-state index contributed by atoms with van der Waals surface area (Å²) in [4.78, 5) is 0. The first-order valence-corrected chi connectivity index (χ1v) is 3.66. The first-order valence-electron chi connectivity index (χ1n) is 12.3. The quantitative estimate of drug-likeness (QED) is 0.747. The Morgan fingerprint density at radius 1 is 1.50 bits per heavy atom. The van der Waals surface area contributed by atoms with E-state index in [1.165, 1.54) is 0 Å². The van der Waals surface area contributed by atoms with Crippen LogP contribution in [-0.4, -0.2) is 6.54 Å². The van der Waals surface area contributed by atoms with Gasteiger partial charge in [-0.25, -0.2) is 0 Å². The van der Waals surface area contributed by atoms with Crippen LogP contribution in [-0.2, 0) is 6.42 Å². The zero-order valence-corrected chi connectivity index (χ0v) is 6.43. The van der Waals surface area contributed by atoms with Crippen LogP contribution in [0.1, 0.15) is 33.7 Å². The van der Waals surface area contributed by atoms with E-state index in [1.807, 2.05) is 24.3 Å². The molecule has 0 aliphatic rings. The normalized spacial score (nSPS) is 17.0. The largest absolute Gasteiger partial charge is 0.330 e. The molecule has 74 valence electrons. The highest BCUT2D eigenvalue weighted by Gasteiger charge is 1.94. The number of hydrogen-bond acceptors (Lipinski definition) is 1. The second-order valence-electron chi connectivity index (χ2n) is 2.13. The van der Waals surface area contributed by atoms with Crippen molar-refractivity contribution in [3.05, 3.63) is 34.9 Å². The van der Waals surface area contributed by atoms with Gasteiger partial charge < -0.3 is 5.73 Å². The summed E-state index contributed by atoms with van der Waals surface area (Å²) in [6.45, 7) is 0.656. The van der Waals surface area contributed by atoms with Gasteiger partial charge in [-0.15, -0.1) is 0 Å². The molecule has 0 unspecified atom stereocenters. The summed E-state index contributed by atoms with van der Waals surface area (Å²) in [5.74, 6) is 0. The van der Waals surface area contributed by atoms with Crippen LogP contribution in [0, 0.1) is 0 Å². The maximum Gasteiger partial charge on any atom is 0.0438 e. The molecule has 0 aromatic heterocycles. The predicted octanol–water partition coefficient (Wildman–Crippen LogP) is 4.30. The topological polar surface area (TPSA) is 26.0 Å². The Labute approximate surface area is 95.1 Å². The van der Waals surface area contributed by atoms with Gasteiger partial charge in [0.25, 0.3) is 0 Å². The van der Waals surface area contributed by atoms with Gasteiger partial charge >= 0.3 is 0 Å². The van der Waals surface area contributed by atoms with Gasteiger partial charge in [0, 0.05) is 33.2 Å². The molecule has 0 saturated heterocycles. The molecule has 0 heterocycles. The molecule has 0 atom stereocenters. The Kier molecular flexibility index (Phi) is 0.715. The summed E-state index contributed by atoms with van der Waals surface area (Å²) in [6.07, 6.45) is 0.861. The molecule has 0 spiro atoms. The summed E-state index contributed by atoms with van der Waals surface area (Å²) >= 11 is 5.85. The maximum atomic E-state index is 5.85. The summed E-state index contributed by atoms with van der Waals surface area (Å²) in [7, 11) is 0. The summed E-state index contributed by atoms with van der Waals surface area (Å²) in [6, 6.07) is 7.76. The second kappa shape index (κ2) is 3.59. The van der Waals surface area contributed by atoms with E-state index in [9.17, 15) is 0 Å². The minimum atomic E-state index is 0. The summed E-state index contributed by atoms with van der Waals surface area (Å²) in [5.41, 5.74) is 6.50. The zero-order chi connectivity index (χ0) is 25.4. The molecule has 1 rings (SSSR count). The molecule has 0 fully saturated rings. The molecular weight excluding hydrogens is 146 g/mol. The molecule has 2 N–H and O–H groups in total. The third kappa shape index (κ3) is 1.72. The van der Waals surface area contributed by atoms with E-state index in [2.05, 4.69) is 0 Å². The Bertz CT molecular complexity index is 237.